The van der Waals surface area contributed by atoms with Crippen molar-refractivity contribution >= 4 is 11.9 Å². The minimum absolute atomic E-state index is 0.181. The van der Waals surface area contributed by atoms with Gasteiger partial charge in [0.1, 0.15) is 5.75 Å². The number of hydrogen-bond acceptors (Lipinski definition) is 3. The van der Waals surface area contributed by atoms with E-state index in [9.17, 15) is 9.59 Å². The van der Waals surface area contributed by atoms with Gasteiger partial charge >= 0.3 is 5.97 Å². The molecule has 2 saturated carbocycles. The summed E-state index contributed by atoms with van der Waals surface area (Å²) in [4.78, 5) is 22.6. The molecule has 0 saturated heterocycles. The Balaban J connectivity index is 1.52. The Morgan fingerprint density at radius 1 is 1.24 bits per heavy atom. The number of carbonyl (C=O) groups is 2. The first kappa shape index (κ1) is 13.9. The van der Waals surface area contributed by atoms with E-state index in [4.69, 9.17) is 9.84 Å². The molecule has 5 nitrogen and oxygen atoms in total. The molecule has 1 amide bonds. The lowest BCUT2D eigenvalue weighted by Crippen LogP contribution is -2.26. The van der Waals surface area contributed by atoms with Crippen LogP contribution in [0.2, 0.25) is 0 Å². The first-order valence-corrected chi connectivity index (χ1v) is 7.36. The van der Waals surface area contributed by atoms with Crippen LogP contribution in [0.25, 0.3) is 0 Å². The van der Waals surface area contributed by atoms with Crippen LogP contribution in [-0.4, -0.2) is 23.6 Å². The van der Waals surface area contributed by atoms with E-state index in [0.29, 0.717) is 18.9 Å². The Kier molecular flexibility index (Phi) is 3.82. The van der Waals surface area contributed by atoms with Crippen LogP contribution in [-0.2, 0) is 16.1 Å². The fraction of sp³-hybridized carbons (Fsp3) is 0.500. The third kappa shape index (κ3) is 3.54. The van der Waals surface area contributed by atoms with Gasteiger partial charge in [0.15, 0.2) is 0 Å². The number of aliphatic carboxylic acids is 1. The van der Waals surface area contributed by atoms with Crippen molar-refractivity contribution in [2.24, 2.45) is 17.8 Å². The number of hydrogen-bond donors (Lipinski definition) is 2. The van der Waals surface area contributed by atoms with Crippen molar-refractivity contribution in [3.05, 3.63) is 29.8 Å². The number of rotatable bonds is 7. The third-order valence-electron chi connectivity index (χ3n) is 4.04. The summed E-state index contributed by atoms with van der Waals surface area (Å²) in [5.41, 5.74) is 0.930. The smallest absolute Gasteiger partial charge is 0.307 e. The topological polar surface area (TPSA) is 75.6 Å². The first-order valence-electron chi connectivity index (χ1n) is 7.36. The summed E-state index contributed by atoms with van der Waals surface area (Å²) in [6.45, 7) is 1.11. The van der Waals surface area contributed by atoms with Gasteiger partial charge in [-0.15, -0.1) is 0 Å². The maximum absolute atomic E-state index is 11.9. The van der Waals surface area contributed by atoms with Gasteiger partial charge in [-0.3, -0.25) is 9.59 Å². The molecule has 0 aliphatic heterocycles. The number of para-hydroxylation sites is 1. The highest BCUT2D eigenvalue weighted by atomic mass is 16.5. The number of carboxylic acid groups (broad SMARTS) is 1. The summed E-state index contributed by atoms with van der Waals surface area (Å²) >= 11 is 0. The first-order chi connectivity index (χ1) is 10.1. The highest BCUT2D eigenvalue weighted by Crippen LogP contribution is 2.38. The molecule has 0 bridgehead atoms. The second-order valence-corrected chi connectivity index (χ2v) is 5.87. The number of carbonyl (C=O) groups excluding carboxylic acids is 1. The van der Waals surface area contributed by atoms with Crippen molar-refractivity contribution in [1.29, 1.82) is 0 Å². The minimum Gasteiger partial charge on any atom is -0.493 e. The van der Waals surface area contributed by atoms with Crippen LogP contribution < -0.4 is 10.1 Å². The maximum Gasteiger partial charge on any atom is 0.307 e. The molecule has 1 aromatic carbocycles. The molecule has 2 aliphatic carbocycles. The minimum atomic E-state index is -0.886. The van der Waals surface area contributed by atoms with E-state index in [1.807, 2.05) is 24.3 Å². The molecule has 0 radical (unpaired) electrons. The lowest BCUT2D eigenvalue weighted by atomic mass is 10.2. The third-order valence-corrected chi connectivity index (χ3v) is 4.04. The standard InChI is InChI=1S/C16H19NO4/c18-15(12-7-13(12)16(19)20)17-8-11-3-1-2-4-14(11)21-9-10-5-6-10/h1-4,10,12-13H,5-9H2,(H,17,18)(H,19,20)/t12-,13-/m0/s1. The molecule has 1 aromatic rings. The van der Waals surface area contributed by atoms with Crippen LogP contribution >= 0.6 is 0 Å². The summed E-state index contributed by atoms with van der Waals surface area (Å²) in [6.07, 6.45) is 2.91. The van der Waals surface area contributed by atoms with Crippen molar-refractivity contribution in [2.75, 3.05) is 6.61 Å². The van der Waals surface area contributed by atoms with E-state index < -0.39 is 11.9 Å². The quantitative estimate of drug-likeness (QED) is 0.802. The number of benzene rings is 1. The normalized spacial score (nSPS) is 23.4. The van der Waals surface area contributed by atoms with Gasteiger partial charge < -0.3 is 15.2 Å². The second-order valence-electron chi connectivity index (χ2n) is 5.87. The Hall–Kier alpha value is -2.04. The summed E-state index contributed by atoms with van der Waals surface area (Å²) in [5.74, 6) is -0.471. The number of ether oxygens (including phenoxy) is 1. The fourth-order valence-corrected chi connectivity index (χ4v) is 2.35. The molecule has 0 aromatic heterocycles. The van der Waals surface area contributed by atoms with Crippen molar-refractivity contribution in [3.8, 4) is 5.75 Å². The Labute approximate surface area is 123 Å². The highest BCUT2D eigenvalue weighted by Gasteiger charge is 2.48. The molecule has 0 spiro atoms. The largest absolute Gasteiger partial charge is 0.493 e. The van der Waals surface area contributed by atoms with Crippen molar-refractivity contribution in [1.82, 2.24) is 5.32 Å². The molecule has 2 N–H and O–H groups in total. The van der Waals surface area contributed by atoms with Gasteiger partial charge in [0, 0.05) is 12.1 Å². The lowest BCUT2D eigenvalue weighted by molar-refractivity contribution is -0.140. The molecule has 112 valence electrons. The molecular weight excluding hydrogens is 270 g/mol. The predicted molar refractivity (Wildman–Crippen MR) is 75.7 cm³/mol. The molecule has 2 aliphatic rings. The van der Waals surface area contributed by atoms with E-state index in [-0.39, 0.29) is 11.8 Å². The van der Waals surface area contributed by atoms with E-state index in [0.717, 1.165) is 17.9 Å². The zero-order chi connectivity index (χ0) is 14.8. The van der Waals surface area contributed by atoms with Gasteiger partial charge in [0.05, 0.1) is 18.4 Å². The Morgan fingerprint density at radius 3 is 2.67 bits per heavy atom. The summed E-state index contributed by atoms with van der Waals surface area (Å²) in [5, 5.41) is 11.6. The Morgan fingerprint density at radius 2 is 2.00 bits per heavy atom. The van der Waals surface area contributed by atoms with Gasteiger partial charge in [0.25, 0.3) is 0 Å². The average Bonchev–Trinajstić information content (AvgIpc) is 3.37. The van der Waals surface area contributed by atoms with Gasteiger partial charge in [-0.1, -0.05) is 18.2 Å². The highest BCUT2D eigenvalue weighted by molar-refractivity contribution is 5.89. The molecule has 5 heteroatoms. The molecular formula is C16H19NO4. The van der Waals surface area contributed by atoms with Gasteiger partial charge in [-0.25, -0.2) is 0 Å². The van der Waals surface area contributed by atoms with Crippen LogP contribution in [0.5, 0.6) is 5.75 Å². The molecule has 3 rings (SSSR count). The van der Waals surface area contributed by atoms with Crippen LogP contribution in [0.4, 0.5) is 0 Å². The monoisotopic (exact) mass is 289 g/mol. The maximum atomic E-state index is 11.9. The van der Waals surface area contributed by atoms with Crippen LogP contribution in [0.1, 0.15) is 24.8 Å². The van der Waals surface area contributed by atoms with E-state index in [1.165, 1.54) is 12.8 Å². The zero-order valence-corrected chi connectivity index (χ0v) is 11.7. The van der Waals surface area contributed by atoms with E-state index in [1.54, 1.807) is 0 Å². The summed E-state index contributed by atoms with van der Waals surface area (Å²) in [7, 11) is 0. The molecule has 2 atom stereocenters. The molecule has 0 unspecified atom stereocenters. The van der Waals surface area contributed by atoms with Crippen molar-refractivity contribution < 1.29 is 19.4 Å². The fourth-order valence-electron chi connectivity index (χ4n) is 2.35. The Bertz CT molecular complexity index is 553. The number of amides is 1. The van der Waals surface area contributed by atoms with Crippen molar-refractivity contribution in [2.45, 2.75) is 25.8 Å². The SMILES string of the molecule is O=C(O)[C@H]1C[C@@H]1C(=O)NCc1ccccc1OCC1CC1. The van der Waals surface area contributed by atoms with Crippen LogP contribution in [0.3, 0.4) is 0 Å². The molecule has 0 heterocycles. The van der Waals surface area contributed by atoms with Gasteiger partial charge in [-0.05, 0) is 31.2 Å². The second kappa shape index (κ2) is 5.76. The summed E-state index contributed by atoms with van der Waals surface area (Å²) < 4.78 is 5.78. The van der Waals surface area contributed by atoms with Crippen molar-refractivity contribution in [3.63, 3.8) is 0 Å². The van der Waals surface area contributed by atoms with Crippen LogP contribution in [0, 0.1) is 17.8 Å². The lowest BCUT2D eigenvalue weighted by Gasteiger charge is -2.12. The number of nitrogens with one attached hydrogen (secondary N) is 1. The van der Waals surface area contributed by atoms with Gasteiger partial charge in [-0.2, -0.15) is 0 Å². The number of carboxylic acids is 1. The average molecular weight is 289 g/mol. The van der Waals surface area contributed by atoms with Crippen LogP contribution in [0.15, 0.2) is 24.3 Å². The molecule has 2 fully saturated rings. The van der Waals surface area contributed by atoms with E-state index >= 15 is 0 Å². The predicted octanol–water partition coefficient (Wildman–Crippen LogP) is 1.81. The summed E-state index contributed by atoms with van der Waals surface area (Å²) in [6, 6.07) is 7.64. The zero-order valence-electron chi connectivity index (χ0n) is 11.7. The van der Waals surface area contributed by atoms with E-state index in [2.05, 4.69) is 5.32 Å². The molecule has 21 heavy (non-hydrogen) atoms. The van der Waals surface area contributed by atoms with Gasteiger partial charge in [0.2, 0.25) is 5.91 Å².